The first-order valence-corrected chi connectivity index (χ1v) is 9.60. The summed E-state index contributed by atoms with van der Waals surface area (Å²) in [5.74, 6) is -0.0976. The third-order valence-electron chi connectivity index (χ3n) is 3.79. The Bertz CT molecular complexity index is 750. The molecule has 138 valence electrons. The van der Waals surface area contributed by atoms with Gasteiger partial charge in [0.05, 0.1) is 11.5 Å². The Hall–Kier alpha value is -2.34. The van der Waals surface area contributed by atoms with Crippen LogP contribution in [0.3, 0.4) is 0 Å². The summed E-state index contributed by atoms with van der Waals surface area (Å²) in [5, 5.41) is 2.81. The lowest BCUT2D eigenvalue weighted by Gasteiger charge is -2.21. The van der Waals surface area contributed by atoms with Gasteiger partial charge in [-0.05, 0) is 43.7 Å². The van der Waals surface area contributed by atoms with Gasteiger partial charge in [0.2, 0.25) is 11.8 Å². The molecule has 1 N–H and O–H groups in total. The van der Waals surface area contributed by atoms with Crippen LogP contribution in [0.25, 0.3) is 0 Å². The SMILES string of the molecule is CCN(Cc1cccc(F)c1)C(=O)CSCC(=O)Nc1ccc(C)cc1. The number of aryl methyl sites for hydroxylation is 1. The largest absolute Gasteiger partial charge is 0.338 e. The van der Waals surface area contributed by atoms with Crippen molar-refractivity contribution in [3.05, 3.63) is 65.5 Å². The van der Waals surface area contributed by atoms with Gasteiger partial charge in [0.15, 0.2) is 0 Å². The average Bonchev–Trinajstić information content (AvgIpc) is 2.61. The lowest BCUT2D eigenvalue weighted by atomic mass is 10.2. The number of hydrogen-bond donors (Lipinski definition) is 1. The molecule has 2 amide bonds. The molecule has 26 heavy (non-hydrogen) atoms. The standard InChI is InChI=1S/C20H23FN2O2S/c1-3-23(12-16-5-4-6-17(21)11-16)20(25)14-26-13-19(24)22-18-9-7-15(2)8-10-18/h4-11H,3,12-14H2,1-2H3,(H,22,24). The Morgan fingerprint density at radius 2 is 1.85 bits per heavy atom. The minimum atomic E-state index is -0.312. The zero-order valence-corrected chi connectivity index (χ0v) is 15.8. The zero-order chi connectivity index (χ0) is 18.9. The molecule has 0 aliphatic carbocycles. The molecule has 0 aliphatic heterocycles. The quantitative estimate of drug-likeness (QED) is 0.763. The van der Waals surface area contributed by atoms with Crippen LogP contribution in [-0.4, -0.2) is 34.8 Å². The van der Waals surface area contributed by atoms with E-state index in [-0.39, 0.29) is 29.1 Å². The Labute approximate surface area is 157 Å². The molecule has 0 radical (unpaired) electrons. The van der Waals surface area contributed by atoms with Crippen LogP contribution in [0.5, 0.6) is 0 Å². The van der Waals surface area contributed by atoms with Crippen LogP contribution >= 0.6 is 11.8 Å². The van der Waals surface area contributed by atoms with Gasteiger partial charge in [-0.2, -0.15) is 0 Å². The fourth-order valence-corrected chi connectivity index (χ4v) is 3.11. The first-order valence-electron chi connectivity index (χ1n) is 8.44. The van der Waals surface area contributed by atoms with Gasteiger partial charge in [0, 0.05) is 18.8 Å². The molecule has 2 aromatic carbocycles. The molecule has 0 heterocycles. The van der Waals surface area contributed by atoms with Crippen molar-refractivity contribution >= 4 is 29.3 Å². The molecule has 0 unspecified atom stereocenters. The highest BCUT2D eigenvalue weighted by Gasteiger charge is 2.13. The highest BCUT2D eigenvalue weighted by molar-refractivity contribution is 8.00. The molecule has 2 rings (SSSR count). The Morgan fingerprint density at radius 3 is 2.50 bits per heavy atom. The second-order valence-electron chi connectivity index (χ2n) is 5.94. The van der Waals surface area contributed by atoms with E-state index < -0.39 is 0 Å². The van der Waals surface area contributed by atoms with E-state index in [4.69, 9.17) is 0 Å². The normalized spacial score (nSPS) is 10.4. The highest BCUT2D eigenvalue weighted by atomic mass is 32.2. The predicted molar refractivity (Wildman–Crippen MR) is 105 cm³/mol. The van der Waals surface area contributed by atoms with Crippen molar-refractivity contribution in [2.24, 2.45) is 0 Å². The molecule has 0 atom stereocenters. The van der Waals surface area contributed by atoms with Crippen LogP contribution in [0.1, 0.15) is 18.1 Å². The molecule has 0 saturated carbocycles. The van der Waals surface area contributed by atoms with Crippen LogP contribution < -0.4 is 5.32 Å². The Kier molecular flexibility index (Phi) is 7.66. The van der Waals surface area contributed by atoms with Crippen molar-refractivity contribution in [1.82, 2.24) is 4.90 Å². The van der Waals surface area contributed by atoms with E-state index >= 15 is 0 Å². The molecule has 0 spiro atoms. The van der Waals surface area contributed by atoms with Crippen LogP contribution in [0.2, 0.25) is 0 Å². The number of carbonyl (C=O) groups is 2. The van der Waals surface area contributed by atoms with Crippen molar-refractivity contribution in [2.45, 2.75) is 20.4 Å². The highest BCUT2D eigenvalue weighted by Crippen LogP contribution is 2.12. The number of hydrogen-bond acceptors (Lipinski definition) is 3. The van der Waals surface area contributed by atoms with Gasteiger partial charge in [-0.3, -0.25) is 9.59 Å². The van der Waals surface area contributed by atoms with Crippen molar-refractivity contribution in [2.75, 3.05) is 23.4 Å². The number of amides is 2. The van der Waals surface area contributed by atoms with Gasteiger partial charge >= 0.3 is 0 Å². The molecule has 2 aromatic rings. The molecular weight excluding hydrogens is 351 g/mol. The minimum absolute atomic E-state index is 0.0649. The van der Waals surface area contributed by atoms with Gasteiger partial charge in [-0.25, -0.2) is 4.39 Å². The van der Waals surface area contributed by atoms with E-state index in [0.29, 0.717) is 13.1 Å². The van der Waals surface area contributed by atoms with Crippen LogP contribution in [0.4, 0.5) is 10.1 Å². The summed E-state index contributed by atoms with van der Waals surface area (Å²) in [6.45, 7) is 4.76. The summed E-state index contributed by atoms with van der Waals surface area (Å²) < 4.78 is 13.3. The van der Waals surface area contributed by atoms with Crippen molar-refractivity contribution in [3.63, 3.8) is 0 Å². The maximum Gasteiger partial charge on any atom is 0.234 e. The first-order chi connectivity index (χ1) is 12.5. The van der Waals surface area contributed by atoms with Crippen LogP contribution in [0, 0.1) is 12.7 Å². The van der Waals surface area contributed by atoms with Crippen LogP contribution in [0.15, 0.2) is 48.5 Å². The number of carbonyl (C=O) groups excluding carboxylic acids is 2. The average molecular weight is 374 g/mol. The van der Waals surface area contributed by atoms with Gasteiger partial charge in [-0.1, -0.05) is 29.8 Å². The predicted octanol–water partition coefficient (Wildman–Crippen LogP) is 3.85. The summed E-state index contributed by atoms with van der Waals surface area (Å²) >= 11 is 1.27. The summed E-state index contributed by atoms with van der Waals surface area (Å²) in [6, 6.07) is 13.8. The fraction of sp³-hybridized carbons (Fsp3) is 0.300. The summed E-state index contributed by atoms with van der Waals surface area (Å²) in [5.41, 5.74) is 2.62. The van der Waals surface area contributed by atoms with Gasteiger partial charge in [-0.15, -0.1) is 11.8 Å². The van der Waals surface area contributed by atoms with E-state index in [0.717, 1.165) is 16.8 Å². The lowest BCUT2D eigenvalue weighted by Crippen LogP contribution is -2.32. The van der Waals surface area contributed by atoms with Crippen molar-refractivity contribution in [1.29, 1.82) is 0 Å². The Balaban J connectivity index is 1.77. The zero-order valence-electron chi connectivity index (χ0n) is 15.0. The lowest BCUT2D eigenvalue weighted by molar-refractivity contribution is -0.128. The minimum Gasteiger partial charge on any atom is -0.338 e. The summed E-state index contributed by atoms with van der Waals surface area (Å²) in [4.78, 5) is 25.9. The van der Waals surface area contributed by atoms with Gasteiger partial charge < -0.3 is 10.2 Å². The molecule has 0 saturated heterocycles. The molecule has 0 fully saturated rings. The molecule has 4 nitrogen and oxygen atoms in total. The Morgan fingerprint density at radius 1 is 1.12 bits per heavy atom. The summed E-state index contributed by atoms with van der Waals surface area (Å²) in [7, 11) is 0. The number of benzene rings is 2. The molecular formula is C20H23FN2O2S. The maximum atomic E-state index is 13.3. The maximum absolute atomic E-state index is 13.3. The number of nitrogens with one attached hydrogen (secondary N) is 1. The fourth-order valence-electron chi connectivity index (χ4n) is 2.39. The summed E-state index contributed by atoms with van der Waals surface area (Å²) in [6.07, 6.45) is 0. The van der Waals surface area contributed by atoms with Gasteiger partial charge in [0.25, 0.3) is 0 Å². The van der Waals surface area contributed by atoms with E-state index in [9.17, 15) is 14.0 Å². The van der Waals surface area contributed by atoms with E-state index in [1.54, 1.807) is 17.0 Å². The first kappa shape index (κ1) is 20.0. The topological polar surface area (TPSA) is 49.4 Å². The third kappa shape index (κ3) is 6.52. The molecule has 0 aliphatic rings. The smallest absolute Gasteiger partial charge is 0.234 e. The molecule has 0 bridgehead atoms. The van der Waals surface area contributed by atoms with E-state index in [1.807, 2.05) is 38.1 Å². The van der Waals surface area contributed by atoms with E-state index in [1.165, 1.54) is 23.9 Å². The number of thioether (sulfide) groups is 1. The van der Waals surface area contributed by atoms with E-state index in [2.05, 4.69) is 5.32 Å². The van der Waals surface area contributed by atoms with Crippen molar-refractivity contribution < 1.29 is 14.0 Å². The number of halogens is 1. The third-order valence-corrected chi connectivity index (χ3v) is 4.71. The van der Waals surface area contributed by atoms with Gasteiger partial charge in [0.1, 0.15) is 5.82 Å². The second kappa shape index (κ2) is 9.97. The number of rotatable bonds is 8. The van der Waals surface area contributed by atoms with Crippen LogP contribution in [-0.2, 0) is 16.1 Å². The molecule has 0 aromatic heterocycles. The molecule has 6 heteroatoms. The van der Waals surface area contributed by atoms with Crippen molar-refractivity contribution in [3.8, 4) is 0 Å². The second-order valence-corrected chi connectivity index (χ2v) is 6.93. The monoisotopic (exact) mass is 374 g/mol. The number of anilines is 1. The number of nitrogens with zero attached hydrogens (tertiary/aromatic N) is 1.